The summed E-state index contributed by atoms with van der Waals surface area (Å²) in [5.41, 5.74) is 0. The van der Waals surface area contributed by atoms with Gasteiger partial charge in [-0.3, -0.25) is 0 Å². The van der Waals surface area contributed by atoms with Gasteiger partial charge in [-0.25, -0.2) is 4.39 Å². The molecule has 0 radical (unpaired) electrons. The van der Waals surface area contributed by atoms with Crippen molar-refractivity contribution >= 4 is 31.9 Å². The molecule has 0 unspecified atom stereocenters. The minimum atomic E-state index is -0.327. The van der Waals surface area contributed by atoms with E-state index >= 15 is 0 Å². The summed E-state index contributed by atoms with van der Waals surface area (Å²) in [6.07, 6.45) is 0. The van der Waals surface area contributed by atoms with Crippen molar-refractivity contribution in [3.8, 4) is 11.5 Å². The van der Waals surface area contributed by atoms with E-state index in [9.17, 15) is 4.39 Å². The number of ether oxygens (including phenoxy) is 2. The maximum absolute atomic E-state index is 13.0. The van der Waals surface area contributed by atoms with Gasteiger partial charge in [0.25, 0.3) is 0 Å². The van der Waals surface area contributed by atoms with Gasteiger partial charge < -0.3 is 9.47 Å². The molecule has 0 aliphatic carbocycles. The van der Waals surface area contributed by atoms with Crippen LogP contribution < -0.4 is 9.47 Å². The summed E-state index contributed by atoms with van der Waals surface area (Å²) in [6, 6.07) is 11.8. The molecule has 2 rings (SSSR count). The molecule has 2 nitrogen and oxygen atoms in total. The lowest BCUT2D eigenvalue weighted by Gasteiger charge is -2.09. The molecule has 0 saturated carbocycles. The summed E-state index contributed by atoms with van der Waals surface area (Å²) in [7, 11) is 0. The van der Waals surface area contributed by atoms with Crippen LogP contribution in [0.1, 0.15) is 0 Å². The number of hydrogen-bond donors (Lipinski definition) is 0. The monoisotopic (exact) mass is 388 g/mol. The van der Waals surface area contributed by atoms with Crippen LogP contribution in [0.15, 0.2) is 51.4 Å². The van der Waals surface area contributed by atoms with E-state index in [4.69, 9.17) is 9.47 Å². The van der Waals surface area contributed by atoms with Gasteiger partial charge in [-0.1, -0.05) is 15.9 Å². The van der Waals surface area contributed by atoms with E-state index in [1.165, 1.54) is 12.1 Å². The molecular weight excluding hydrogens is 379 g/mol. The summed E-state index contributed by atoms with van der Waals surface area (Å²) in [5.74, 6) is 0.913. The minimum absolute atomic E-state index is 0.327. The largest absolute Gasteiger partial charge is 0.490 e. The molecule has 0 bridgehead atoms. The van der Waals surface area contributed by atoms with Crippen molar-refractivity contribution in [2.24, 2.45) is 0 Å². The summed E-state index contributed by atoms with van der Waals surface area (Å²) in [6.45, 7) is 0.739. The first kappa shape index (κ1) is 14.3. The van der Waals surface area contributed by atoms with E-state index in [1.54, 1.807) is 6.07 Å². The van der Waals surface area contributed by atoms with Gasteiger partial charge >= 0.3 is 0 Å². The van der Waals surface area contributed by atoms with Gasteiger partial charge in [0.05, 0.1) is 4.47 Å². The lowest BCUT2D eigenvalue weighted by Crippen LogP contribution is -2.09. The Morgan fingerprint density at radius 3 is 2.32 bits per heavy atom. The first-order chi connectivity index (χ1) is 9.15. The SMILES string of the molecule is Fc1ccc(Br)c(OCCOc2ccc(Br)cc2)c1. The average Bonchev–Trinajstić information content (AvgIpc) is 2.40. The highest BCUT2D eigenvalue weighted by molar-refractivity contribution is 9.10. The molecule has 0 fully saturated rings. The molecule has 0 atom stereocenters. The number of benzene rings is 2. The Labute approximate surface area is 127 Å². The van der Waals surface area contributed by atoms with Crippen molar-refractivity contribution in [3.63, 3.8) is 0 Å². The number of halogens is 3. The van der Waals surface area contributed by atoms with Gasteiger partial charge in [0.1, 0.15) is 30.5 Å². The summed E-state index contributed by atoms with van der Waals surface area (Å²) in [5, 5.41) is 0. The molecule has 0 amide bonds. The van der Waals surface area contributed by atoms with Gasteiger partial charge in [-0.2, -0.15) is 0 Å². The zero-order valence-electron chi connectivity index (χ0n) is 9.91. The molecule has 0 heterocycles. The van der Waals surface area contributed by atoms with E-state index in [0.29, 0.717) is 19.0 Å². The first-order valence-electron chi connectivity index (χ1n) is 5.61. The molecule has 0 saturated heterocycles. The second kappa shape index (κ2) is 6.91. The highest BCUT2D eigenvalue weighted by Crippen LogP contribution is 2.25. The van der Waals surface area contributed by atoms with Crippen molar-refractivity contribution in [3.05, 3.63) is 57.2 Å². The second-order valence-corrected chi connectivity index (χ2v) is 5.50. The van der Waals surface area contributed by atoms with Gasteiger partial charge in [0.15, 0.2) is 0 Å². The van der Waals surface area contributed by atoms with Gasteiger partial charge in [-0.15, -0.1) is 0 Å². The fourth-order valence-corrected chi connectivity index (χ4v) is 2.06. The molecule has 0 N–H and O–H groups in total. The third-order valence-electron chi connectivity index (χ3n) is 2.32. The summed E-state index contributed by atoms with van der Waals surface area (Å²) < 4.78 is 25.7. The molecule has 0 aliphatic heterocycles. The predicted octanol–water partition coefficient (Wildman–Crippen LogP) is 4.81. The normalized spacial score (nSPS) is 10.3. The summed E-state index contributed by atoms with van der Waals surface area (Å²) in [4.78, 5) is 0. The quantitative estimate of drug-likeness (QED) is 0.683. The molecule has 0 spiro atoms. The van der Waals surface area contributed by atoms with Crippen LogP contribution in [0.2, 0.25) is 0 Å². The Hall–Kier alpha value is -1.07. The lowest BCUT2D eigenvalue weighted by atomic mass is 10.3. The van der Waals surface area contributed by atoms with Gasteiger partial charge in [0.2, 0.25) is 0 Å². The maximum atomic E-state index is 13.0. The Morgan fingerprint density at radius 2 is 1.58 bits per heavy atom. The fraction of sp³-hybridized carbons (Fsp3) is 0.143. The number of hydrogen-bond acceptors (Lipinski definition) is 2. The van der Waals surface area contributed by atoms with Crippen LogP contribution in [0.4, 0.5) is 4.39 Å². The lowest BCUT2D eigenvalue weighted by molar-refractivity contribution is 0.216. The summed E-state index contributed by atoms with van der Waals surface area (Å²) >= 11 is 6.65. The Bertz CT molecular complexity index is 544. The molecule has 100 valence electrons. The van der Waals surface area contributed by atoms with E-state index in [0.717, 1.165) is 14.7 Å². The zero-order valence-corrected chi connectivity index (χ0v) is 13.1. The van der Waals surface area contributed by atoms with Crippen LogP contribution in [-0.4, -0.2) is 13.2 Å². The highest BCUT2D eigenvalue weighted by atomic mass is 79.9. The maximum Gasteiger partial charge on any atom is 0.136 e. The number of rotatable bonds is 5. The Morgan fingerprint density at radius 1 is 0.895 bits per heavy atom. The topological polar surface area (TPSA) is 18.5 Å². The van der Waals surface area contributed by atoms with Crippen molar-refractivity contribution in [2.75, 3.05) is 13.2 Å². The fourth-order valence-electron chi connectivity index (χ4n) is 1.43. The minimum Gasteiger partial charge on any atom is -0.490 e. The van der Waals surface area contributed by atoms with Crippen LogP contribution in [0.25, 0.3) is 0 Å². The first-order valence-corrected chi connectivity index (χ1v) is 7.20. The molecule has 0 aliphatic rings. The molecule has 19 heavy (non-hydrogen) atoms. The van der Waals surface area contributed by atoms with Crippen molar-refractivity contribution in [1.29, 1.82) is 0 Å². The third kappa shape index (κ3) is 4.51. The van der Waals surface area contributed by atoms with E-state index in [1.807, 2.05) is 24.3 Å². The molecule has 5 heteroatoms. The molecule has 2 aromatic carbocycles. The third-order valence-corrected chi connectivity index (χ3v) is 3.50. The standard InChI is InChI=1S/C14H11Br2FO2/c15-10-1-4-12(5-2-10)18-7-8-19-14-9-11(17)3-6-13(14)16/h1-6,9H,7-8H2. The van der Waals surface area contributed by atoms with Crippen LogP contribution in [0.3, 0.4) is 0 Å². The average molecular weight is 390 g/mol. The molecule has 0 aromatic heterocycles. The Balaban J connectivity index is 1.80. The van der Waals surface area contributed by atoms with Gasteiger partial charge in [-0.05, 0) is 52.3 Å². The van der Waals surface area contributed by atoms with Gasteiger partial charge in [0, 0.05) is 10.5 Å². The van der Waals surface area contributed by atoms with E-state index < -0.39 is 0 Å². The van der Waals surface area contributed by atoms with Crippen molar-refractivity contribution < 1.29 is 13.9 Å². The van der Waals surface area contributed by atoms with E-state index in [2.05, 4.69) is 31.9 Å². The molecular formula is C14H11Br2FO2. The smallest absolute Gasteiger partial charge is 0.136 e. The van der Waals surface area contributed by atoms with Crippen LogP contribution >= 0.6 is 31.9 Å². The second-order valence-electron chi connectivity index (χ2n) is 3.73. The van der Waals surface area contributed by atoms with Crippen LogP contribution in [0, 0.1) is 5.82 Å². The highest BCUT2D eigenvalue weighted by Gasteiger charge is 2.03. The van der Waals surface area contributed by atoms with Crippen molar-refractivity contribution in [2.45, 2.75) is 0 Å². The van der Waals surface area contributed by atoms with Crippen LogP contribution in [-0.2, 0) is 0 Å². The van der Waals surface area contributed by atoms with E-state index in [-0.39, 0.29) is 5.82 Å². The Kier molecular flexibility index (Phi) is 5.22. The molecule has 2 aromatic rings. The predicted molar refractivity (Wildman–Crippen MR) is 79.2 cm³/mol. The zero-order chi connectivity index (χ0) is 13.7. The van der Waals surface area contributed by atoms with Crippen LogP contribution in [0.5, 0.6) is 11.5 Å². The van der Waals surface area contributed by atoms with Crippen molar-refractivity contribution in [1.82, 2.24) is 0 Å².